The van der Waals surface area contributed by atoms with Crippen LogP contribution in [0.1, 0.15) is 90.7 Å². The van der Waals surface area contributed by atoms with Crippen LogP contribution in [0.5, 0.6) is 0 Å². The number of fused-ring (bicyclic) bond motifs is 2. The molecule has 1 aliphatic carbocycles. The summed E-state index contributed by atoms with van der Waals surface area (Å²) in [7, 11) is 0. The summed E-state index contributed by atoms with van der Waals surface area (Å²) in [6, 6.07) is 15.4. The number of ether oxygens (including phenoxy) is 6. The van der Waals surface area contributed by atoms with Gasteiger partial charge >= 0.3 is 24.4 Å². The van der Waals surface area contributed by atoms with E-state index in [-0.39, 0.29) is 59.2 Å². The molecule has 0 aromatic heterocycles. The summed E-state index contributed by atoms with van der Waals surface area (Å²) in [6.07, 6.45) is -3.03. The number of alkyl carbamates (subject to hydrolysis) is 4. The first-order valence-corrected chi connectivity index (χ1v) is 19.6. The van der Waals surface area contributed by atoms with Gasteiger partial charge in [-0.3, -0.25) is 4.79 Å². The molecule has 0 bridgehead atoms. The standard InChI is InChI=1S/C43H61N5O11/c1-40(2,3)57-37(51)46-27-43(28-47-38(52)58-41(4,5)6,29-48-39(53)59-42(7,8)9)35(49)44-20-22-54-24-25-55-23-21-45-36(50)56-34-26-32-16-11-10-14-30(32)18-19-31-15-12-13-17-33(31)34/h10-17,34H,20-29H2,1-9H3,(H,44,49)(H,45,50)(H,46,51)(H,47,52)(H,48,53). The van der Waals surface area contributed by atoms with Crippen molar-refractivity contribution in [3.63, 3.8) is 0 Å². The zero-order valence-electron chi connectivity index (χ0n) is 35.8. The zero-order chi connectivity index (χ0) is 43.7. The van der Waals surface area contributed by atoms with Gasteiger partial charge in [-0.2, -0.15) is 0 Å². The van der Waals surface area contributed by atoms with Crippen molar-refractivity contribution in [2.24, 2.45) is 5.41 Å². The quantitative estimate of drug-likeness (QED) is 0.0806. The molecule has 5 amide bonds. The van der Waals surface area contributed by atoms with Gasteiger partial charge in [0, 0.05) is 55.8 Å². The van der Waals surface area contributed by atoms with Crippen LogP contribution in [0.2, 0.25) is 0 Å². The van der Waals surface area contributed by atoms with Crippen LogP contribution in [0, 0.1) is 17.3 Å². The van der Waals surface area contributed by atoms with Gasteiger partial charge in [0.1, 0.15) is 28.3 Å². The molecule has 16 nitrogen and oxygen atoms in total. The van der Waals surface area contributed by atoms with Crippen molar-refractivity contribution in [2.45, 2.75) is 91.6 Å². The van der Waals surface area contributed by atoms with Crippen LogP contribution in [0.15, 0.2) is 48.5 Å². The van der Waals surface area contributed by atoms with E-state index in [0.29, 0.717) is 6.42 Å². The molecule has 1 unspecified atom stereocenters. The molecule has 0 fully saturated rings. The van der Waals surface area contributed by atoms with Crippen LogP contribution in [0.4, 0.5) is 19.2 Å². The van der Waals surface area contributed by atoms with Crippen LogP contribution in [-0.4, -0.2) is 106 Å². The van der Waals surface area contributed by atoms with E-state index < -0.39 is 58.6 Å². The van der Waals surface area contributed by atoms with E-state index in [1.165, 1.54) is 0 Å². The fourth-order valence-electron chi connectivity index (χ4n) is 5.50. The monoisotopic (exact) mass is 823 g/mol. The molecular weight excluding hydrogens is 762 g/mol. The van der Waals surface area contributed by atoms with Crippen molar-refractivity contribution in [1.29, 1.82) is 0 Å². The highest BCUT2D eigenvalue weighted by Crippen LogP contribution is 2.28. The Labute approximate surface area is 347 Å². The lowest BCUT2D eigenvalue weighted by Crippen LogP contribution is -2.60. The molecule has 1 aliphatic rings. The highest BCUT2D eigenvalue weighted by molar-refractivity contribution is 5.85. The van der Waals surface area contributed by atoms with Gasteiger partial charge in [-0.25, -0.2) is 19.2 Å². The number of nitrogens with one attached hydrogen (secondary N) is 5. The molecule has 59 heavy (non-hydrogen) atoms. The molecule has 2 aromatic rings. The molecule has 2 aromatic carbocycles. The van der Waals surface area contributed by atoms with Crippen LogP contribution < -0.4 is 26.6 Å². The molecule has 3 rings (SSSR count). The van der Waals surface area contributed by atoms with E-state index >= 15 is 0 Å². The molecule has 1 atom stereocenters. The second kappa shape index (κ2) is 22.0. The van der Waals surface area contributed by atoms with Crippen molar-refractivity contribution in [3.8, 4) is 11.8 Å². The minimum Gasteiger partial charge on any atom is -0.444 e. The van der Waals surface area contributed by atoms with Gasteiger partial charge in [0.15, 0.2) is 0 Å². The van der Waals surface area contributed by atoms with Gasteiger partial charge in [-0.15, -0.1) is 0 Å². The minimum atomic E-state index is -1.63. The van der Waals surface area contributed by atoms with Gasteiger partial charge in [0.05, 0.1) is 26.4 Å². The third kappa shape index (κ3) is 18.3. The average Bonchev–Trinajstić information content (AvgIpc) is 3.12. The summed E-state index contributed by atoms with van der Waals surface area (Å²) in [5.41, 5.74) is -0.562. The SMILES string of the molecule is CC(C)(C)OC(=O)NCC(CNC(=O)OC(C)(C)C)(CNC(=O)OC(C)(C)C)C(=O)NCCOCCOCCNC(=O)OC1Cc2ccccc2C#Cc2ccccc21. The molecule has 0 heterocycles. The highest BCUT2D eigenvalue weighted by atomic mass is 16.6. The Kier molecular flexibility index (Phi) is 17.8. The van der Waals surface area contributed by atoms with Crippen LogP contribution in [-0.2, 0) is 39.6 Å². The molecule has 5 N–H and O–H groups in total. The van der Waals surface area contributed by atoms with Gasteiger partial charge in [-0.1, -0.05) is 48.2 Å². The predicted molar refractivity (Wildman–Crippen MR) is 220 cm³/mol. The summed E-state index contributed by atoms with van der Waals surface area (Å²) in [5.74, 6) is 5.80. The van der Waals surface area contributed by atoms with Gasteiger partial charge < -0.3 is 55.0 Å². The number of carbonyl (C=O) groups excluding carboxylic acids is 5. The third-order valence-electron chi connectivity index (χ3n) is 8.12. The first-order chi connectivity index (χ1) is 27.6. The Balaban J connectivity index is 1.50. The Morgan fingerprint density at radius 3 is 1.51 bits per heavy atom. The van der Waals surface area contributed by atoms with Crippen molar-refractivity contribution in [2.75, 3.05) is 59.2 Å². The maximum Gasteiger partial charge on any atom is 0.407 e. The number of carbonyl (C=O) groups is 5. The van der Waals surface area contributed by atoms with Gasteiger partial charge in [0.25, 0.3) is 0 Å². The average molecular weight is 824 g/mol. The zero-order valence-corrected chi connectivity index (χ0v) is 35.8. The van der Waals surface area contributed by atoms with Crippen molar-refractivity contribution in [1.82, 2.24) is 26.6 Å². The van der Waals surface area contributed by atoms with E-state index in [1.807, 2.05) is 48.5 Å². The maximum atomic E-state index is 13.9. The van der Waals surface area contributed by atoms with Crippen molar-refractivity contribution < 1.29 is 52.4 Å². The van der Waals surface area contributed by atoms with E-state index in [2.05, 4.69) is 38.4 Å². The second-order valence-electron chi connectivity index (χ2n) is 16.8. The van der Waals surface area contributed by atoms with E-state index in [1.54, 1.807) is 62.3 Å². The first-order valence-electron chi connectivity index (χ1n) is 19.6. The Morgan fingerprint density at radius 2 is 1.00 bits per heavy atom. The molecule has 0 aliphatic heterocycles. The smallest absolute Gasteiger partial charge is 0.407 e. The lowest BCUT2D eigenvalue weighted by Gasteiger charge is -2.34. The largest absolute Gasteiger partial charge is 0.444 e. The third-order valence-corrected chi connectivity index (χ3v) is 8.12. The molecule has 16 heteroatoms. The van der Waals surface area contributed by atoms with Gasteiger partial charge in [-0.05, 0) is 80.0 Å². The second-order valence-corrected chi connectivity index (χ2v) is 16.8. The summed E-state index contributed by atoms with van der Waals surface area (Å²) in [4.78, 5) is 64.7. The number of hydrogen-bond acceptors (Lipinski definition) is 11. The van der Waals surface area contributed by atoms with Crippen LogP contribution in [0.25, 0.3) is 0 Å². The van der Waals surface area contributed by atoms with Crippen LogP contribution in [0.3, 0.4) is 0 Å². The lowest BCUT2D eigenvalue weighted by atomic mass is 9.86. The molecule has 0 spiro atoms. The summed E-state index contributed by atoms with van der Waals surface area (Å²) >= 11 is 0. The molecule has 0 saturated heterocycles. The van der Waals surface area contributed by atoms with E-state index in [4.69, 9.17) is 28.4 Å². The number of rotatable bonds is 17. The fourth-order valence-corrected chi connectivity index (χ4v) is 5.50. The van der Waals surface area contributed by atoms with Crippen LogP contribution >= 0.6 is 0 Å². The molecule has 324 valence electrons. The Bertz CT molecular complexity index is 1720. The van der Waals surface area contributed by atoms with Gasteiger partial charge in [0.2, 0.25) is 5.91 Å². The molecule has 0 saturated carbocycles. The van der Waals surface area contributed by atoms with Crippen molar-refractivity contribution >= 4 is 30.3 Å². The highest BCUT2D eigenvalue weighted by Gasteiger charge is 2.41. The number of benzene rings is 2. The minimum absolute atomic E-state index is 0.0413. The topological polar surface area (TPSA) is 201 Å². The maximum absolute atomic E-state index is 13.9. The lowest BCUT2D eigenvalue weighted by molar-refractivity contribution is -0.130. The number of amides is 5. The Morgan fingerprint density at radius 1 is 0.559 bits per heavy atom. The summed E-state index contributed by atoms with van der Waals surface area (Å²) in [5, 5.41) is 13.3. The number of hydrogen-bond donors (Lipinski definition) is 5. The summed E-state index contributed by atoms with van der Waals surface area (Å²) < 4.78 is 33.2. The van der Waals surface area contributed by atoms with E-state index in [0.717, 1.165) is 22.3 Å². The first kappa shape index (κ1) is 47.8. The summed E-state index contributed by atoms with van der Waals surface area (Å²) in [6.45, 7) is 15.1. The predicted octanol–water partition coefficient (Wildman–Crippen LogP) is 5.12. The fraction of sp³-hybridized carbons (Fsp3) is 0.558. The normalized spacial score (nSPS) is 13.7. The van der Waals surface area contributed by atoms with Crippen molar-refractivity contribution in [3.05, 3.63) is 70.8 Å². The van der Waals surface area contributed by atoms with E-state index in [9.17, 15) is 24.0 Å². The molecular formula is C43H61N5O11. The molecule has 0 radical (unpaired) electrons. The Hall–Kier alpha value is -5.53.